The smallest absolute Gasteiger partial charge is 0.109 e. The highest BCUT2D eigenvalue weighted by Gasteiger charge is 2.35. The number of rotatable bonds is 3. The van der Waals surface area contributed by atoms with Crippen LogP contribution in [0.15, 0.2) is 90.5 Å². The highest BCUT2D eigenvalue weighted by atomic mass is 32.1. The molecular weight excluding hydrogens is 489 g/mol. The highest BCUT2D eigenvalue weighted by Crippen LogP contribution is 2.50. The summed E-state index contributed by atoms with van der Waals surface area (Å²) in [4.78, 5) is 4.88. The van der Waals surface area contributed by atoms with Gasteiger partial charge in [0.05, 0.1) is 11.6 Å². The number of fused-ring (bicyclic) bond motifs is 6. The third-order valence-electron chi connectivity index (χ3n) is 7.58. The molecule has 0 unspecified atom stereocenters. The van der Waals surface area contributed by atoms with Crippen LogP contribution in [0.5, 0.6) is 0 Å². The molecular formula is C33H24N2S2. The number of nitrogens with zero attached hydrogens (tertiary/aromatic N) is 2. The van der Waals surface area contributed by atoms with E-state index in [1.807, 2.05) is 24.3 Å². The average Bonchev–Trinajstić information content (AvgIpc) is 3.66. The van der Waals surface area contributed by atoms with Gasteiger partial charge in [0, 0.05) is 42.1 Å². The lowest BCUT2D eigenvalue weighted by Crippen LogP contribution is -2.15. The van der Waals surface area contributed by atoms with Gasteiger partial charge in [0.25, 0.3) is 0 Å². The van der Waals surface area contributed by atoms with Crippen LogP contribution >= 0.6 is 22.7 Å². The molecule has 4 heteroatoms. The number of benzene rings is 3. The Morgan fingerprint density at radius 2 is 1.59 bits per heavy atom. The molecule has 0 bridgehead atoms. The van der Waals surface area contributed by atoms with Crippen molar-refractivity contribution in [2.24, 2.45) is 0 Å². The van der Waals surface area contributed by atoms with Crippen LogP contribution in [0.2, 0.25) is 0 Å². The molecule has 1 aliphatic rings. The van der Waals surface area contributed by atoms with Crippen molar-refractivity contribution in [3.63, 3.8) is 0 Å². The molecule has 0 amide bonds. The van der Waals surface area contributed by atoms with E-state index >= 15 is 0 Å². The number of nitriles is 1. The second-order valence-corrected chi connectivity index (χ2v) is 12.4. The lowest BCUT2D eigenvalue weighted by molar-refractivity contribution is 0.660. The van der Waals surface area contributed by atoms with Crippen LogP contribution in [0.25, 0.3) is 53.8 Å². The molecule has 37 heavy (non-hydrogen) atoms. The van der Waals surface area contributed by atoms with Crippen LogP contribution in [0.4, 0.5) is 0 Å². The maximum absolute atomic E-state index is 9.15. The zero-order chi connectivity index (χ0) is 25.3. The number of para-hydroxylation sites is 1. The Hall–Kier alpha value is -3.91. The van der Waals surface area contributed by atoms with Gasteiger partial charge < -0.3 is 4.57 Å². The van der Waals surface area contributed by atoms with E-state index in [1.54, 1.807) is 11.3 Å². The predicted molar refractivity (Wildman–Crippen MR) is 159 cm³/mol. The van der Waals surface area contributed by atoms with E-state index in [-0.39, 0.29) is 5.41 Å². The van der Waals surface area contributed by atoms with Crippen molar-refractivity contribution >= 4 is 49.9 Å². The first-order chi connectivity index (χ1) is 18.0. The fraction of sp³-hybridized carbons (Fsp3) is 0.121. The summed E-state index contributed by atoms with van der Waals surface area (Å²) < 4.78 is 2.44. The molecule has 2 nitrogen and oxygen atoms in total. The fourth-order valence-corrected chi connectivity index (χ4v) is 8.06. The lowest BCUT2D eigenvalue weighted by Gasteiger charge is -2.22. The minimum Gasteiger partial charge on any atom is -0.301 e. The second kappa shape index (κ2) is 8.05. The summed E-state index contributed by atoms with van der Waals surface area (Å²) in [6, 6.07) is 33.4. The standard InChI is InChI=1S/C33H24N2S2/c1-20(19-34)16-22-13-15-30(36-22)31-18-26-25-9-5-7-11-29(25)35(32(26)37-31)21-12-14-24-23-8-4-6-10-27(23)33(2,3)28(24)17-21/h4-18H,1-3H3/b20-16-. The molecule has 0 radical (unpaired) electrons. The summed E-state index contributed by atoms with van der Waals surface area (Å²) in [5.74, 6) is 0. The molecule has 1 aliphatic carbocycles. The first-order valence-corrected chi connectivity index (χ1v) is 14.1. The Morgan fingerprint density at radius 1 is 0.811 bits per heavy atom. The minimum absolute atomic E-state index is 0.0347. The normalized spacial score (nSPS) is 14.2. The van der Waals surface area contributed by atoms with Gasteiger partial charge in [-0.15, -0.1) is 22.7 Å². The van der Waals surface area contributed by atoms with Gasteiger partial charge in [-0.1, -0.05) is 62.4 Å². The van der Waals surface area contributed by atoms with Crippen LogP contribution in [-0.4, -0.2) is 4.57 Å². The number of allylic oxidation sites excluding steroid dienone is 1. The van der Waals surface area contributed by atoms with Crippen molar-refractivity contribution in [2.45, 2.75) is 26.2 Å². The number of hydrogen-bond donors (Lipinski definition) is 0. The molecule has 3 heterocycles. The van der Waals surface area contributed by atoms with Crippen molar-refractivity contribution < 1.29 is 0 Å². The third kappa shape index (κ3) is 3.28. The predicted octanol–water partition coefficient (Wildman–Crippen LogP) is 9.81. The fourth-order valence-electron chi connectivity index (χ4n) is 5.76. The van der Waals surface area contributed by atoms with E-state index in [9.17, 15) is 0 Å². The van der Waals surface area contributed by atoms with Crippen molar-refractivity contribution in [1.29, 1.82) is 5.26 Å². The molecule has 6 aromatic rings. The van der Waals surface area contributed by atoms with E-state index in [0.29, 0.717) is 0 Å². The lowest BCUT2D eigenvalue weighted by atomic mass is 9.82. The summed E-state index contributed by atoms with van der Waals surface area (Å²) in [5, 5.41) is 11.7. The molecule has 3 aromatic carbocycles. The van der Waals surface area contributed by atoms with E-state index in [4.69, 9.17) is 5.26 Å². The minimum atomic E-state index is -0.0347. The van der Waals surface area contributed by atoms with Gasteiger partial charge in [0.2, 0.25) is 0 Å². The van der Waals surface area contributed by atoms with Gasteiger partial charge >= 0.3 is 0 Å². The summed E-state index contributed by atoms with van der Waals surface area (Å²) in [7, 11) is 0. The van der Waals surface area contributed by atoms with E-state index in [2.05, 4.69) is 109 Å². The number of hydrogen-bond acceptors (Lipinski definition) is 3. The quantitative estimate of drug-likeness (QED) is 0.217. The zero-order valence-electron chi connectivity index (χ0n) is 20.9. The van der Waals surface area contributed by atoms with Crippen LogP contribution in [0.1, 0.15) is 36.8 Å². The highest BCUT2D eigenvalue weighted by molar-refractivity contribution is 7.26. The molecule has 178 valence electrons. The third-order valence-corrected chi connectivity index (χ3v) is 9.93. The Balaban J connectivity index is 1.42. The van der Waals surface area contributed by atoms with Gasteiger partial charge in [0.15, 0.2) is 0 Å². The molecule has 0 atom stereocenters. The Kier molecular flexibility index (Phi) is 4.85. The second-order valence-electron chi connectivity index (χ2n) is 10.2. The van der Waals surface area contributed by atoms with Crippen LogP contribution in [-0.2, 0) is 5.41 Å². The molecule has 0 N–H and O–H groups in total. The van der Waals surface area contributed by atoms with E-state index in [1.165, 1.54) is 58.8 Å². The number of aromatic nitrogens is 1. The Bertz CT molecular complexity index is 1930. The van der Waals surface area contributed by atoms with Gasteiger partial charge in [-0.25, -0.2) is 0 Å². The molecule has 0 fully saturated rings. The molecule has 3 aromatic heterocycles. The molecule has 7 rings (SSSR count). The van der Waals surface area contributed by atoms with Gasteiger partial charge in [-0.3, -0.25) is 0 Å². The summed E-state index contributed by atoms with van der Waals surface area (Å²) >= 11 is 3.58. The van der Waals surface area contributed by atoms with Gasteiger partial charge in [-0.05, 0) is 71.7 Å². The number of thiophene rings is 2. The average molecular weight is 513 g/mol. The van der Waals surface area contributed by atoms with Gasteiger partial charge in [-0.2, -0.15) is 5.26 Å². The van der Waals surface area contributed by atoms with E-state index < -0.39 is 0 Å². The van der Waals surface area contributed by atoms with E-state index in [0.717, 1.165) is 10.5 Å². The van der Waals surface area contributed by atoms with Crippen molar-refractivity contribution in [2.75, 3.05) is 0 Å². The first-order valence-electron chi connectivity index (χ1n) is 12.4. The maximum atomic E-state index is 9.15. The topological polar surface area (TPSA) is 28.7 Å². The summed E-state index contributed by atoms with van der Waals surface area (Å²) in [5.41, 5.74) is 8.62. The Morgan fingerprint density at radius 3 is 2.46 bits per heavy atom. The van der Waals surface area contributed by atoms with Crippen molar-refractivity contribution in [1.82, 2.24) is 4.57 Å². The zero-order valence-corrected chi connectivity index (χ0v) is 22.5. The molecule has 0 saturated carbocycles. The molecule has 0 saturated heterocycles. The largest absolute Gasteiger partial charge is 0.301 e. The van der Waals surface area contributed by atoms with Crippen LogP contribution < -0.4 is 0 Å². The summed E-state index contributed by atoms with van der Waals surface area (Å²) in [6.07, 6.45) is 1.96. The van der Waals surface area contributed by atoms with Crippen molar-refractivity contribution in [3.8, 4) is 32.6 Å². The summed E-state index contributed by atoms with van der Waals surface area (Å²) in [6.45, 7) is 6.53. The molecule has 0 aliphatic heterocycles. The maximum Gasteiger partial charge on any atom is 0.109 e. The Labute approximate surface area is 224 Å². The molecule has 0 spiro atoms. The monoisotopic (exact) mass is 512 g/mol. The SMILES string of the molecule is C/C(C#N)=C/c1ccc(-c2cc3c4ccccc4n(-c4ccc5c(c4)C(C)(C)c4ccccc4-5)c3s2)s1. The van der Waals surface area contributed by atoms with Crippen molar-refractivity contribution in [3.05, 3.63) is 107 Å². The van der Waals surface area contributed by atoms with Crippen LogP contribution in [0.3, 0.4) is 0 Å². The first kappa shape index (κ1) is 22.3. The van der Waals surface area contributed by atoms with Gasteiger partial charge in [0.1, 0.15) is 4.83 Å². The van der Waals surface area contributed by atoms with Crippen LogP contribution in [0, 0.1) is 11.3 Å².